The molecule has 4 nitrogen and oxygen atoms in total. The molecule has 0 radical (unpaired) electrons. The van der Waals surface area contributed by atoms with Crippen LogP contribution in [-0.4, -0.2) is 39.4 Å². The Balaban J connectivity index is 2.34. The third kappa shape index (κ3) is 5.64. The van der Waals surface area contributed by atoms with Crippen molar-refractivity contribution in [1.29, 1.82) is 0 Å². The fourth-order valence-corrected chi connectivity index (χ4v) is 2.17. The van der Waals surface area contributed by atoms with Gasteiger partial charge in [-0.05, 0) is 56.7 Å². The van der Waals surface area contributed by atoms with E-state index in [1.807, 2.05) is 18.2 Å². The first-order valence-electron chi connectivity index (χ1n) is 5.45. The van der Waals surface area contributed by atoms with Gasteiger partial charge in [-0.2, -0.15) is 0 Å². The molecular formula is C12H15BrINO3. The second kappa shape index (κ2) is 8.84. The number of rotatable bonds is 7. The Kier molecular flexibility index (Phi) is 7.80. The van der Waals surface area contributed by atoms with Gasteiger partial charge in [0.25, 0.3) is 5.91 Å². The number of benzene rings is 1. The molecule has 0 bridgehead atoms. The van der Waals surface area contributed by atoms with Crippen molar-refractivity contribution in [2.45, 2.75) is 0 Å². The van der Waals surface area contributed by atoms with E-state index in [1.54, 1.807) is 7.11 Å². The molecule has 1 N–H and O–H groups in total. The van der Waals surface area contributed by atoms with E-state index in [0.717, 1.165) is 8.04 Å². The molecule has 0 fully saturated rings. The summed E-state index contributed by atoms with van der Waals surface area (Å²) in [6.45, 7) is 2.08. The predicted octanol–water partition coefficient (Wildman–Crippen LogP) is 2.45. The lowest BCUT2D eigenvalue weighted by Crippen LogP contribution is -2.28. The van der Waals surface area contributed by atoms with Crippen LogP contribution in [0.15, 0.2) is 22.7 Å². The second-order valence-corrected chi connectivity index (χ2v) is 5.59. The maximum Gasteiger partial charge on any atom is 0.252 e. The van der Waals surface area contributed by atoms with E-state index >= 15 is 0 Å². The summed E-state index contributed by atoms with van der Waals surface area (Å²) in [6.07, 6.45) is 0. The summed E-state index contributed by atoms with van der Waals surface area (Å²) in [5.74, 6) is -0.101. The van der Waals surface area contributed by atoms with E-state index in [0.29, 0.717) is 31.9 Å². The van der Waals surface area contributed by atoms with Gasteiger partial charge in [-0.25, -0.2) is 0 Å². The highest BCUT2D eigenvalue weighted by Gasteiger charge is 2.09. The number of ether oxygens (including phenoxy) is 2. The minimum atomic E-state index is -0.101. The van der Waals surface area contributed by atoms with Crippen molar-refractivity contribution in [2.75, 3.05) is 33.5 Å². The lowest BCUT2D eigenvalue weighted by molar-refractivity contribution is 0.0692. The van der Waals surface area contributed by atoms with Gasteiger partial charge in [-0.3, -0.25) is 4.79 Å². The number of carbonyl (C=O) groups is 1. The summed E-state index contributed by atoms with van der Waals surface area (Å²) in [7, 11) is 1.62. The van der Waals surface area contributed by atoms with Crippen LogP contribution in [0.2, 0.25) is 0 Å². The maximum atomic E-state index is 11.9. The van der Waals surface area contributed by atoms with E-state index in [9.17, 15) is 4.79 Å². The van der Waals surface area contributed by atoms with Gasteiger partial charge in [0.2, 0.25) is 0 Å². The first kappa shape index (κ1) is 15.9. The number of carbonyl (C=O) groups excluding carboxylic acids is 1. The SMILES string of the molecule is COCCOCCNC(=O)c1cc(I)ccc1Br. The van der Waals surface area contributed by atoms with Crippen molar-refractivity contribution >= 4 is 44.4 Å². The van der Waals surface area contributed by atoms with Crippen molar-refractivity contribution in [3.8, 4) is 0 Å². The molecule has 0 saturated heterocycles. The van der Waals surface area contributed by atoms with Gasteiger partial charge in [-0.1, -0.05) is 0 Å². The Labute approximate surface area is 129 Å². The lowest BCUT2D eigenvalue weighted by atomic mass is 10.2. The molecule has 1 rings (SSSR count). The summed E-state index contributed by atoms with van der Waals surface area (Å²) in [5.41, 5.74) is 0.638. The molecule has 100 valence electrons. The van der Waals surface area contributed by atoms with E-state index in [4.69, 9.17) is 9.47 Å². The van der Waals surface area contributed by atoms with Crippen LogP contribution >= 0.6 is 38.5 Å². The Morgan fingerprint density at radius 2 is 2.17 bits per heavy atom. The molecule has 0 atom stereocenters. The van der Waals surface area contributed by atoms with Crippen LogP contribution in [0.1, 0.15) is 10.4 Å². The average molecular weight is 428 g/mol. The standard InChI is InChI=1S/C12H15BrINO3/c1-17-6-7-18-5-4-15-12(16)10-8-9(14)2-3-11(10)13/h2-3,8H,4-7H2,1H3,(H,15,16). The molecule has 18 heavy (non-hydrogen) atoms. The van der Waals surface area contributed by atoms with Crippen LogP contribution in [0.25, 0.3) is 0 Å². The number of amides is 1. The molecule has 0 aliphatic carbocycles. The van der Waals surface area contributed by atoms with E-state index in [1.165, 1.54) is 0 Å². The number of hydrogen-bond donors (Lipinski definition) is 1. The number of nitrogens with one attached hydrogen (secondary N) is 1. The smallest absolute Gasteiger partial charge is 0.252 e. The van der Waals surface area contributed by atoms with Crippen LogP contribution in [0.5, 0.6) is 0 Å². The fraction of sp³-hybridized carbons (Fsp3) is 0.417. The molecule has 1 aromatic carbocycles. The normalized spacial score (nSPS) is 10.4. The van der Waals surface area contributed by atoms with Crippen molar-refractivity contribution in [1.82, 2.24) is 5.32 Å². The summed E-state index contributed by atoms with van der Waals surface area (Å²) in [4.78, 5) is 11.9. The minimum Gasteiger partial charge on any atom is -0.382 e. The Morgan fingerprint density at radius 3 is 2.89 bits per heavy atom. The number of hydrogen-bond acceptors (Lipinski definition) is 3. The molecule has 0 unspecified atom stereocenters. The first-order chi connectivity index (χ1) is 8.65. The lowest BCUT2D eigenvalue weighted by Gasteiger charge is -2.08. The maximum absolute atomic E-state index is 11.9. The quantitative estimate of drug-likeness (QED) is 0.537. The topological polar surface area (TPSA) is 47.6 Å². The zero-order valence-corrected chi connectivity index (χ0v) is 13.8. The Morgan fingerprint density at radius 1 is 1.39 bits per heavy atom. The highest BCUT2D eigenvalue weighted by atomic mass is 127. The van der Waals surface area contributed by atoms with Gasteiger partial charge in [-0.15, -0.1) is 0 Å². The van der Waals surface area contributed by atoms with Gasteiger partial charge >= 0.3 is 0 Å². The van der Waals surface area contributed by atoms with Gasteiger partial charge in [0.1, 0.15) is 0 Å². The first-order valence-corrected chi connectivity index (χ1v) is 7.32. The van der Waals surface area contributed by atoms with Crippen molar-refractivity contribution in [3.05, 3.63) is 31.8 Å². The van der Waals surface area contributed by atoms with Crippen LogP contribution in [-0.2, 0) is 9.47 Å². The summed E-state index contributed by atoms with van der Waals surface area (Å²) < 4.78 is 11.9. The third-order valence-corrected chi connectivity index (χ3v) is 3.50. The van der Waals surface area contributed by atoms with Crippen LogP contribution in [0.4, 0.5) is 0 Å². The Bertz CT molecular complexity index is 401. The highest BCUT2D eigenvalue weighted by molar-refractivity contribution is 14.1. The van der Waals surface area contributed by atoms with Crippen molar-refractivity contribution < 1.29 is 14.3 Å². The third-order valence-electron chi connectivity index (χ3n) is 2.14. The summed E-state index contributed by atoms with van der Waals surface area (Å²) >= 11 is 5.54. The molecule has 6 heteroatoms. The molecule has 0 aromatic heterocycles. The molecule has 1 aromatic rings. The van der Waals surface area contributed by atoms with Gasteiger partial charge < -0.3 is 14.8 Å². The highest BCUT2D eigenvalue weighted by Crippen LogP contribution is 2.19. The predicted molar refractivity (Wildman–Crippen MR) is 81.9 cm³/mol. The molecule has 0 heterocycles. The van der Waals surface area contributed by atoms with Gasteiger partial charge in [0.05, 0.1) is 25.4 Å². The van der Waals surface area contributed by atoms with Crippen LogP contribution in [0, 0.1) is 3.57 Å². The molecule has 0 aliphatic rings. The van der Waals surface area contributed by atoms with Gasteiger partial charge in [0.15, 0.2) is 0 Å². The minimum absolute atomic E-state index is 0.101. The molecular weight excluding hydrogens is 413 g/mol. The van der Waals surface area contributed by atoms with Crippen LogP contribution < -0.4 is 5.32 Å². The zero-order chi connectivity index (χ0) is 13.4. The fourth-order valence-electron chi connectivity index (χ4n) is 1.25. The van der Waals surface area contributed by atoms with E-state index in [2.05, 4.69) is 43.8 Å². The Hall–Kier alpha value is -0.180. The average Bonchev–Trinajstić information content (AvgIpc) is 2.36. The molecule has 0 spiro atoms. The van der Waals surface area contributed by atoms with Gasteiger partial charge in [0, 0.05) is 21.7 Å². The number of methoxy groups -OCH3 is 1. The van der Waals surface area contributed by atoms with Crippen LogP contribution in [0.3, 0.4) is 0 Å². The summed E-state index contributed by atoms with van der Waals surface area (Å²) in [6, 6.07) is 5.65. The van der Waals surface area contributed by atoms with Crippen molar-refractivity contribution in [2.24, 2.45) is 0 Å². The zero-order valence-electron chi connectivity index (χ0n) is 10.0. The molecule has 0 saturated carbocycles. The van der Waals surface area contributed by atoms with E-state index in [-0.39, 0.29) is 5.91 Å². The number of halogens is 2. The monoisotopic (exact) mass is 427 g/mol. The molecule has 1 amide bonds. The summed E-state index contributed by atoms with van der Waals surface area (Å²) in [5, 5.41) is 2.81. The second-order valence-electron chi connectivity index (χ2n) is 3.49. The molecule has 0 aliphatic heterocycles. The van der Waals surface area contributed by atoms with Crippen molar-refractivity contribution in [3.63, 3.8) is 0 Å². The largest absolute Gasteiger partial charge is 0.382 e. The van der Waals surface area contributed by atoms with E-state index < -0.39 is 0 Å².